The number of benzene rings is 2. The number of methoxy groups -OCH3 is 1. The van der Waals surface area contributed by atoms with Crippen molar-refractivity contribution in [2.75, 3.05) is 12.9 Å². The van der Waals surface area contributed by atoms with E-state index < -0.39 is 0 Å². The Kier molecular flexibility index (Phi) is 7.71. The quantitative estimate of drug-likeness (QED) is 0.198. The maximum Gasteiger partial charge on any atom is 0.250 e. The molecule has 1 N–H and O–H groups in total. The topological polar surface area (TPSA) is 94.3 Å². The summed E-state index contributed by atoms with van der Waals surface area (Å²) in [6, 6.07) is 19.0. The Labute approximate surface area is 209 Å². The second-order valence-corrected chi connectivity index (χ2v) is 8.96. The lowest BCUT2D eigenvalue weighted by Crippen LogP contribution is -2.21. The van der Waals surface area contributed by atoms with E-state index in [0.29, 0.717) is 16.7 Å². The molecule has 0 aliphatic carbocycles. The molecule has 0 saturated heterocycles. The Bertz CT molecular complexity index is 1290. The van der Waals surface area contributed by atoms with E-state index in [0.717, 1.165) is 27.0 Å². The van der Waals surface area contributed by atoms with Gasteiger partial charge in [-0.25, -0.2) is 5.43 Å². The van der Waals surface area contributed by atoms with Crippen molar-refractivity contribution in [3.8, 4) is 22.8 Å². The molecule has 0 unspecified atom stereocenters. The van der Waals surface area contributed by atoms with Crippen LogP contribution in [0.25, 0.3) is 17.1 Å². The number of thioether (sulfide) groups is 1. The summed E-state index contributed by atoms with van der Waals surface area (Å²) in [6.45, 7) is 1.83. The highest BCUT2D eigenvalue weighted by Crippen LogP contribution is 2.28. The number of amides is 1. The average Bonchev–Trinajstić information content (AvgIpc) is 3.31. The molecule has 34 heavy (non-hydrogen) atoms. The molecule has 4 rings (SSSR count). The zero-order valence-electron chi connectivity index (χ0n) is 18.5. The highest BCUT2D eigenvalue weighted by Gasteiger charge is 2.17. The van der Waals surface area contributed by atoms with E-state index in [9.17, 15) is 4.79 Å². The summed E-state index contributed by atoms with van der Waals surface area (Å²) in [5.74, 6) is 1.32. The van der Waals surface area contributed by atoms with Crippen LogP contribution in [0.4, 0.5) is 0 Å². The molecule has 172 valence electrons. The lowest BCUT2D eigenvalue weighted by molar-refractivity contribution is -0.118. The normalized spacial score (nSPS) is 11.3. The molecule has 2 heterocycles. The fourth-order valence-corrected chi connectivity index (χ4v) is 4.09. The molecule has 2 aromatic carbocycles. The van der Waals surface area contributed by atoms with E-state index in [1.54, 1.807) is 19.5 Å². The number of halogens is 1. The first-order chi connectivity index (χ1) is 16.5. The molecule has 0 aliphatic heterocycles. The minimum absolute atomic E-state index is 0.129. The van der Waals surface area contributed by atoms with Crippen molar-refractivity contribution in [1.29, 1.82) is 0 Å². The van der Waals surface area contributed by atoms with Crippen LogP contribution in [-0.4, -0.2) is 44.2 Å². The number of aromatic nitrogens is 4. The molecule has 0 aliphatic rings. The van der Waals surface area contributed by atoms with Gasteiger partial charge in [0.15, 0.2) is 11.0 Å². The number of ether oxygens (including phenoxy) is 1. The Morgan fingerprint density at radius 1 is 1.06 bits per heavy atom. The highest BCUT2D eigenvalue weighted by atomic mass is 79.9. The molecule has 4 aromatic rings. The van der Waals surface area contributed by atoms with Gasteiger partial charge in [-0.2, -0.15) is 5.10 Å². The smallest absolute Gasteiger partial charge is 0.250 e. The van der Waals surface area contributed by atoms with E-state index in [2.05, 4.69) is 41.6 Å². The summed E-state index contributed by atoms with van der Waals surface area (Å²) in [6.07, 6.45) is 3.42. The molecule has 1 amide bonds. The summed E-state index contributed by atoms with van der Waals surface area (Å²) in [5.41, 5.74) is 5.96. The van der Waals surface area contributed by atoms with Crippen LogP contribution in [0.5, 0.6) is 5.75 Å². The zero-order chi connectivity index (χ0) is 23.9. The number of rotatable bonds is 8. The fraction of sp³-hybridized carbons (Fsp3) is 0.125. The number of carbonyl (C=O) groups excluding carboxylic acids is 1. The first-order valence-corrected chi connectivity index (χ1v) is 12.0. The second kappa shape index (κ2) is 11.1. The number of nitrogens with one attached hydrogen (secondary N) is 1. The minimum Gasteiger partial charge on any atom is -0.497 e. The summed E-state index contributed by atoms with van der Waals surface area (Å²) in [5, 5.41) is 13.5. The van der Waals surface area contributed by atoms with Crippen LogP contribution in [0, 0.1) is 0 Å². The number of carbonyl (C=O) groups is 1. The first kappa shape index (κ1) is 23.7. The van der Waals surface area contributed by atoms with Crippen LogP contribution in [0.15, 0.2) is 87.8 Å². The van der Waals surface area contributed by atoms with Crippen molar-refractivity contribution in [1.82, 2.24) is 25.2 Å². The molecule has 2 aromatic heterocycles. The van der Waals surface area contributed by atoms with Gasteiger partial charge in [0.1, 0.15) is 5.75 Å². The monoisotopic (exact) mass is 536 g/mol. The standard InChI is InChI=1S/C24H21BrN6O2S/c1-16(17-3-9-21(33-2)10-4-17)27-28-22(32)15-34-24-30-29-23(18-11-13-26-14-12-18)31(24)20-7-5-19(25)6-8-20/h3-14H,15H2,1-2H3,(H,28,32). The Morgan fingerprint density at radius 3 is 2.44 bits per heavy atom. The summed E-state index contributed by atoms with van der Waals surface area (Å²) >= 11 is 4.75. The van der Waals surface area contributed by atoms with Gasteiger partial charge in [-0.3, -0.25) is 14.3 Å². The van der Waals surface area contributed by atoms with Gasteiger partial charge in [0.2, 0.25) is 0 Å². The molecule has 0 radical (unpaired) electrons. The zero-order valence-corrected chi connectivity index (χ0v) is 20.9. The van der Waals surface area contributed by atoms with Crippen LogP contribution in [0.2, 0.25) is 0 Å². The fourth-order valence-electron chi connectivity index (χ4n) is 3.08. The number of pyridine rings is 1. The third-order valence-corrected chi connectivity index (χ3v) is 6.30. The lowest BCUT2D eigenvalue weighted by Gasteiger charge is -2.10. The maximum atomic E-state index is 12.5. The van der Waals surface area contributed by atoms with Crippen molar-refractivity contribution in [3.63, 3.8) is 0 Å². The van der Waals surface area contributed by atoms with Gasteiger partial charge in [0, 0.05) is 28.1 Å². The Balaban J connectivity index is 1.49. The van der Waals surface area contributed by atoms with Gasteiger partial charge in [-0.05, 0) is 73.2 Å². The highest BCUT2D eigenvalue weighted by molar-refractivity contribution is 9.10. The molecule has 0 atom stereocenters. The molecular weight excluding hydrogens is 516 g/mol. The predicted octanol–water partition coefficient (Wildman–Crippen LogP) is 4.73. The summed E-state index contributed by atoms with van der Waals surface area (Å²) in [7, 11) is 1.62. The van der Waals surface area contributed by atoms with E-state index in [1.807, 2.05) is 72.2 Å². The predicted molar refractivity (Wildman–Crippen MR) is 136 cm³/mol. The van der Waals surface area contributed by atoms with E-state index in [4.69, 9.17) is 4.74 Å². The van der Waals surface area contributed by atoms with Crippen LogP contribution in [-0.2, 0) is 4.79 Å². The molecule has 0 spiro atoms. The van der Waals surface area contributed by atoms with Crippen LogP contribution in [0.3, 0.4) is 0 Å². The first-order valence-electron chi connectivity index (χ1n) is 10.3. The second-order valence-electron chi connectivity index (χ2n) is 7.10. The molecular formula is C24H21BrN6O2S. The van der Waals surface area contributed by atoms with Crippen molar-refractivity contribution in [3.05, 3.63) is 83.1 Å². The van der Waals surface area contributed by atoms with Gasteiger partial charge < -0.3 is 4.74 Å². The minimum atomic E-state index is -0.242. The van der Waals surface area contributed by atoms with Crippen molar-refractivity contribution >= 4 is 39.3 Å². The van der Waals surface area contributed by atoms with Gasteiger partial charge in [0.05, 0.1) is 18.6 Å². The third-order valence-electron chi connectivity index (χ3n) is 4.85. The lowest BCUT2D eigenvalue weighted by atomic mass is 10.1. The van der Waals surface area contributed by atoms with Crippen LogP contribution >= 0.6 is 27.7 Å². The molecule has 0 bridgehead atoms. The number of hydrogen-bond acceptors (Lipinski definition) is 7. The van der Waals surface area contributed by atoms with Gasteiger partial charge in [0.25, 0.3) is 5.91 Å². The number of hydrogen-bond donors (Lipinski definition) is 1. The van der Waals surface area contributed by atoms with Gasteiger partial charge in [-0.1, -0.05) is 27.7 Å². The van der Waals surface area contributed by atoms with Gasteiger partial charge in [-0.15, -0.1) is 10.2 Å². The Morgan fingerprint density at radius 2 is 1.76 bits per heavy atom. The van der Waals surface area contributed by atoms with Crippen LogP contribution < -0.4 is 10.2 Å². The summed E-state index contributed by atoms with van der Waals surface area (Å²) < 4.78 is 8.06. The maximum absolute atomic E-state index is 12.5. The van der Waals surface area contributed by atoms with E-state index in [-0.39, 0.29) is 11.7 Å². The van der Waals surface area contributed by atoms with Crippen molar-refractivity contribution in [2.45, 2.75) is 12.1 Å². The molecule has 8 nitrogen and oxygen atoms in total. The van der Waals surface area contributed by atoms with Crippen LogP contribution in [0.1, 0.15) is 12.5 Å². The molecule has 0 saturated carbocycles. The van der Waals surface area contributed by atoms with E-state index >= 15 is 0 Å². The average molecular weight is 537 g/mol. The summed E-state index contributed by atoms with van der Waals surface area (Å²) in [4.78, 5) is 16.6. The third kappa shape index (κ3) is 5.70. The van der Waals surface area contributed by atoms with Crippen molar-refractivity contribution in [2.24, 2.45) is 5.10 Å². The number of hydrazone groups is 1. The molecule has 10 heteroatoms. The van der Waals surface area contributed by atoms with Gasteiger partial charge >= 0.3 is 0 Å². The van der Waals surface area contributed by atoms with E-state index in [1.165, 1.54) is 11.8 Å². The molecule has 0 fully saturated rings. The number of nitrogens with zero attached hydrogens (tertiary/aromatic N) is 5. The largest absolute Gasteiger partial charge is 0.497 e. The van der Waals surface area contributed by atoms with Crippen molar-refractivity contribution < 1.29 is 9.53 Å². The Hall–Kier alpha value is -3.50. The SMILES string of the molecule is COc1ccc(C(C)=NNC(=O)CSc2nnc(-c3ccncc3)n2-c2ccc(Br)cc2)cc1.